The molecule has 0 spiro atoms. The van der Waals surface area contributed by atoms with Gasteiger partial charge in [-0.15, -0.1) is 0 Å². The Morgan fingerprint density at radius 3 is 2.43 bits per heavy atom. The first-order chi connectivity index (χ1) is 14.2. The van der Waals surface area contributed by atoms with E-state index in [0.717, 1.165) is 36.2 Å². The Morgan fingerprint density at radius 1 is 1.13 bits per heavy atom. The lowest BCUT2D eigenvalue weighted by Crippen LogP contribution is -2.38. The molecule has 0 bridgehead atoms. The zero-order valence-electron chi connectivity index (χ0n) is 19.3. The summed E-state index contributed by atoms with van der Waals surface area (Å²) in [5, 5.41) is 7.77. The monoisotopic (exact) mass is 412 g/mol. The first-order valence-electron chi connectivity index (χ1n) is 10.9. The van der Waals surface area contributed by atoms with Crippen LogP contribution in [0.3, 0.4) is 0 Å². The second-order valence-corrected chi connectivity index (χ2v) is 8.83. The summed E-state index contributed by atoms with van der Waals surface area (Å²) in [5.41, 5.74) is 2.73. The van der Waals surface area contributed by atoms with Gasteiger partial charge in [0.15, 0.2) is 0 Å². The number of carbonyl (C=O) groups excluding carboxylic acids is 2. The number of carbonyl (C=O) groups is 2. The molecule has 1 aromatic heterocycles. The number of rotatable bonds is 9. The van der Waals surface area contributed by atoms with Crippen molar-refractivity contribution in [3.63, 3.8) is 0 Å². The van der Waals surface area contributed by atoms with Crippen LogP contribution in [0.1, 0.15) is 71.6 Å². The summed E-state index contributed by atoms with van der Waals surface area (Å²) in [4.78, 5) is 27.0. The molecule has 1 heterocycles. The van der Waals surface area contributed by atoms with Gasteiger partial charge in [0.1, 0.15) is 5.82 Å². The number of benzene rings is 1. The molecule has 1 N–H and O–H groups in total. The van der Waals surface area contributed by atoms with E-state index >= 15 is 0 Å². The van der Waals surface area contributed by atoms with Gasteiger partial charge in [0.25, 0.3) is 0 Å². The second kappa shape index (κ2) is 10.4. The van der Waals surface area contributed by atoms with Crippen LogP contribution < -0.4 is 5.32 Å². The molecule has 0 saturated carbocycles. The highest BCUT2D eigenvalue weighted by Crippen LogP contribution is 2.27. The van der Waals surface area contributed by atoms with Gasteiger partial charge in [-0.1, -0.05) is 59.2 Å². The number of aryl methyl sites for hydroxylation is 1. The van der Waals surface area contributed by atoms with E-state index in [1.54, 1.807) is 9.58 Å². The van der Waals surface area contributed by atoms with Gasteiger partial charge < -0.3 is 10.2 Å². The molecule has 2 rings (SSSR count). The topological polar surface area (TPSA) is 67.2 Å². The third kappa shape index (κ3) is 6.18. The number of nitrogens with one attached hydrogen (secondary N) is 1. The molecule has 6 heteroatoms. The first kappa shape index (κ1) is 23.6. The smallest absolute Gasteiger partial charge is 0.245 e. The van der Waals surface area contributed by atoms with Crippen LogP contribution in [0, 0.1) is 6.92 Å². The molecule has 0 aliphatic carbocycles. The fourth-order valence-electron chi connectivity index (χ4n) is 3.23. The van der Waals surface area contributed by atoms with Crippen molar-refractivity contribution >= 4 is 17.6 Å². The van der Waals surface area contributed by atoms with E-state index in [0.29, 0.717) is 18.8 Å². The van der Waals surface area contributed by atoms with Crippen LogP contribution in [0.25, 0.3) is 5.69 Å². The summed E-state index contributed by atoms with van der Waals surface area (Å²) in [7, 11) is 0. The maximum absolute atomic E-state index is 12.9. The van der Waals surface area contributed by atoms with Gasteiger partial charge in [0, 0.05) is 24.4 Å². The van der Waals surface area contributed by atoms with Gasteiger partial charge in [-0.25, -0.2) is 4.68 Å². The molecule has 1 aromatic carbocycles. The van der Waals surface area contributed by atoms with Crippen LogP contribution in [0.4, 0.5) is 5.82 Å². The van der Waals surface area contributed by atoms with Crippen molar-refractivity contribution in [3.05, 3.63) is 41.6 Å². The second-order valence-electron chi connectivity index (χ2n) is 8.83. The van der Waals surface area contributed by atoms with Crippen molar-refractivity contribution in [2.75, 3.05) is 18.4 Å². The molecule has 2 aromatic rings. The summed E-state index contributed by atoms with van der Waals surface area (Å²) in [6, 6.07) is 9.88. The van der Waals surface area contributed by atoms with Gasteiger partial charge in [-0.3, -0.25) is 9.59 Å². The van der Waals surface area contributed by atoms with Crippen LogP contribution in [0.5, 0.6) is 0 Å². The van der Waals surface area contributed by atoms with E-state index in [9.17, 15) is 9.59 Å². The number of unbranched alkanes of at least 4 members (excludes halogenated alkanes) is 1. The Hall–Kier alpha value is -2.63. The Labute approximate surface area is 180 Å². The van der Waals surface area contributed by atoms with Crippen molar-refractivity contribution in [1.29, 1.82) is 0 Å². The van der Waals surface area contributed by atoms with Crippen molar-refractivity contribution < 1.29 is 9.59 Å². The maximum Gasteiger partial charge on any atom is 0.245 e. The average Bonchev–Trinajstić information content (AvgIpc) is 3.10. The van der Waals surface area contributed by atoms with Crippen molar-refractivity contribution in [3.8, 4) is 5.69 Å². The SMILES string of the molecule is CCCCC(=O)N(CCC)CC(=O)Nc1cc(C(C)(C)C)nn1-c1ccccc1C. The lowest BCUT2D eigenvalue weighted by Gasteiger charge is -2.21. The van der Waals surface area contributed by atoms with E-state index in [1.165, 1.54) is 0 Å². The van der Waals surface area contributed by atoms with E-state index in [2.05, 4.69) is 33.0 Å². The number of amides is 2. The normalized spacial score (nSPS) is 11.4. The van der Waals surface area contributed by atoms with Crippen LogP contribution in [0.15, 0.2) is 30.3 Å². The molecule has 0 unspecified atom stereocenters. The highest BCUT2D eigenvalue weighted by molar-refractivity contribution is 5.94. The number of nitrogens with zero attached hydrogens (tertiary/aromatic N) is 3. The molecule has 0 saturated heterocycles. The van der Waals surface area contributed by atoms with Crippen LogP contribution >= 0.6 is 0 Å². The van der Waals surface area contributed by atoms with E-state index in [-0.39, 0.29) is 23.8 Å². The highest BCUT2D eigenvalue weighted by atomic mass is 16.2. The minimum atomic E-state index is -0.205. The predicted octanol–water partition coefficient (Wildman–Crippen LogP) is 4.85. The third-order valence-corrected chi connectivity index (χ3v) is 5.01. The highest BCUT2D eigenvalue weighted by Gasteiger charge is 2.23. The zero-order valence-corrected chi connectivity index (χ0v) is 19.3. The number of aromatic nitrogens is 2. The Bertz CT molecular complexity index is 864. The van der Waals surface area contributed by atoms with Gasteiger partial charge in [0.2, 0.25) is 11.8 Å². The number of para-hydroxylation sites is 1. The predicted molar refractivity (Wildman–Crippen MR) is 122 cm³/mol. The maximum atomic E-state index is 12.9. The molecule has 2 amide bonds. The number of hydrogen-bond donors (Lipinski definition) is 1. The largest absolute Gasteiger partial charge is 0.333 e. The van der Waals surface area contributed by atoms with Gasteiger partial charge in [0.05, 0.1) is 17.9 Å². The molecular formula is C24H36N4O2. The molecular weight excluding hydrogens is 376 g/mol. The van der Waals surface area contributed by atoms with Crippen molar-refractivity contribution in [2.24, 2.45) is 0 Å². The van der Waals surface area contributed by atoms with Gasteiger partial charge >= 0.3 is 0 Å². The van der Waals surface area contributed by atoms with Gasteiger partial charge in [-0.05, 0) is 31.4 Å². The summed E-state index contributed by atoms with van der Waals surface area (Å²) in [6.45, 7) is 13.0. The van der Waals surface area contributed by atoms with Crippen LogP contribution in [0.2, 0.25) is 0 Å². The summed E-state index contributed by atoms with van der Waals surface area (Å²) < 4.78 is 1.79. The van der Waals surface area contributed by atoms with E-state index < -0.39 is 0 Å². The minimum absolute atomic E-state index is 0.0386. The quantitative estimate of drug-likeness (QED) is 0.640. The molecule has 0 aliphatic heterocycles. The van der Waals surface area contributed by atoms with Crippen molar-refractivity contribution in [1.82, 2.24) is 14.7 Å². The van der Waals surface area contributed by atoms with E-state index in [4.69, 9.17) is 5.10 Å². The first-order valence-corrected chi connectivity index (χ1v) is 10.9. The standard InChI is InChI=1S/C24H36N4O2/c1-7-9-14-23(30)27(15-8-2)17-22(29)25-21-16-20(24(4,5)6)26-28(21)19-13-11-10-12-18(19)3/h10-13,16H,7-9,14-15,17H2,1-6H3,(H,25,29). The van der Waals surface area contributed by atoms with Crippen LogP contribution in [-0.4, -0.2) is 39.6 Å². The molecule has 30 heavy (non-hydrogen) atoms. The summed E-state index contributed by atoms with van der Waals surface area (Å²) >= 11 is 0. The fraction of sp³-hybridized carbons (Fsp3) is 0.542. The Kier molecular flexibility index (Phi) is 8.21. The molecule has 0 radical (unpaired) electrons. The molecule has 0 aliphatic rings. The molecule has 0 atom stereocenters. The molecule has 164 valence electrons. The number of hydrogen-bond acceptors (Lipinski definition) is 3. The van der Waals surface area contributed by atoms with Gasteiger partial charge in [-0.2, -0.15) is 5.10 Å². The van der Waals surface area contributed by atoms with E-state index in [1.807, 2.05) is 44.2 Å². The minimum Gasteiger partial charge on any atom is -0.333 e. The lowest BCUT2D eigenvalue weighted by atomic mass is 9.92. The Morgan fingerprint density at radius 2 is 1.83 bits per heavy atom. The lowest BCUT2D eigenvalue weighted by molar-refractivity contribution is -0.134. The third-order valence-electron chi connectivity index (χ3n) is 5.01. The van der Waals surface area contributed by atoms with Crippen molar-refractivity contribution in [2.45, 2.75) is 72.6 Å². The Balaban J connectivity index is 2.27. The fourth-order valence-corrected chi connectivity index (χ4v) is 3.23. The zero-order chi connectivity index (χ0) is 22.3. The van der Waals surface area contributed by atoms with Crippen LogP contribution in [-0.2, 0) is 15.0 Å². The average molecular weight is 413 g/mol. The number of anilines is 1. The summed E-state index contributed by atoms with van der Waals surface area (Å²) in [5.74, 6) is 0.455. The molecule has 0 fully saturated rings. The summed E-state index contributed by atoms with van der Waals surface area (Å²) in [6.07, 6.45) is 3.11. The molecule has 6 nitrogen and oxygen atoms in total.